The summed E-state index contributed by atoms with van der Waals surface area (Å²) in [6.45, 7) is 0. The highest BCUT2D eigenvalue weighted by Crippen LogP contribution is 2.25. The summed E-state index contributed by atoms with van der Waals surface area (Å²) in [5, 5.41) is 3.41. The van der Waals surface area contributed by atoms with Crippen LogP contribution < -0.4 is 10.0 Å². The number of anilines is 2. The van der Waals surface area contributed by atoms with Gasteiger partial charge in [-0.15, -0.1) is 0 Å². The Morgan fingerprint density at radius 2 is 1.46 bits per heavy atom. The van der Waals surface area contributed by atoms with Crippen molar-refractivity contribution >= 4 is 38.9 Å². The Balaban J connectivity index is 1.66. The summed E-state index contributed by atoms with van der Waals surface area (Å²) >= 11 is 5.80. The molecule has 0 aliphatic heterocycles. The highest BCUT2D eigenvalue weighted by Gasteiger charge is 2.21. The maximum absolute atomic E-state index is 12.4. The fraction of sp³-hybridized carbons (Fsp3) is 0.316. The normalized spacial score (nSPS) is 15.4. The molecule has 0 saturated heterocycles. The molecule has 1 amide bonds. The summed E-state index contributed by atoms with van der Waals surface area (Å²) in [5.74, 6) is 0.0679. The molecule has 2 N–H and O–H groups in total. The van der Waals surface area contributed by atoms with Gasteiger partial charge in [0.25, 0.3) is 10.0 Å². The molecule has 0 radical (unpaired) electrons. The van der Waals surface area contributed by atoms with Gasteiger partial charge < -0.3 is 5.32 Å². The van der Waals surface area contributed by atoms with Crippen molar-refractivity contribution in [1.29, 1.82) is 0 Å². The van der Waals surface area contributed by atoms with Crippen LogP contribution in [-0.4, -0.2) is 14.3 Å². The van der Waals surface area contributed by atoms with E-state index in [1.165, 1.54) is 18.6 Å². The number of carbonyl (C=O) groups excluding carboxylic acids is 1. The molecule has 1 fully saturated rings. The highest BCUT2D eigenvalue weighted by molar-refractivity contribution is 7.92. The molecule has 0 unspecified atom stereocenters. The van der Waals surface area contributed by atoms with Crippen LogP contribution in [0.3, 0.4) is 0 Å². The van der Waals surface area contributed by atoms with E-state index < -0.39 is 10.0 Å². The van der Waals surface area contributed by atoms with Crippen LogP contribution in [0, 0.1) is 5.92 Å². The number of hydrogen-bond donors (Lipinski definition) is 2. The van der Waals surface area contributed by atoms with E-state index in [1.807, 2.05) is 0 Å². The van der Waals surface area contributed by atoms with E-state index in [0.29, 0.717) is 16.4 Å². The molecule has 2 aromatic rings. The van der Waals surface area contributed by atoms with Crippen LogP contribution in [0.25, 0.3) is 0 Å². The van der Waals surface area contributed by atoms with Crippen molar-refractivity contribution in [2.75, 3.05) is 10.0 Å². The van der Waals surface area contributed by atoms with Crippen molar-refractivity contribution in [3.05, 3.63) is 53.6 Å². The van der Waals surface area contributed by atoms with Crippen molar-refractivity contribution in [3.8, 4) is 0 Å². The molecule has 0 atom stereocenters. The average molecular weight is 393 g/mol. The van der Waals surface area contributed by atoms with Crippen LogP contribution in [-0.2, 0) is 14.8 Å². The Morgan fingerprint density at radius 3 is 2.08 bits per heavy atom. The monoisotopic (exact) mass is 392 g/mol. The lowest BCUT2D eigenvalue weighted by Gasteiger charge is -2.20. The zero-order valence-corrected chi connectivity index (χ0v) is 15.8. The highest BCUT2D eigenvalue weighted by atomic mass is 35.5. The second-order valence-electron chi connectivity index (χ2n) is 6.46. The molecule has 1 aliphatic rings. The third kappa shape index (κ3) is 4.77. The van der Waals surface area contributed by atoms with E-state index in [4.69, 9.17) is 11.6 Å². The summed E-state index contributed by atoms with van der Waals surface area (Å²) in [7, 11) is -3.70. The zero-order valence-electron chi connectivity index (χ0n) is 14.2. The van der Waals surface area contributed by atoms with Crippen LogP contribution in [0.15, 0.2) is 53.4 Å². The first-order valence-electron chi connectivity index (χ1n) is 8.63. The SMILES string of the molecule is O=C(Nc1ccc(S(=O)(=O)Nc2ccc(Cl)cc2)cc1)C1CCCCC1. The van der Waals surface area contributed by atoms with Crippen LogP contribution in [0.1, 0.15) is 32.1 Å². The smallest absolute Gasteiger partial charge is 0.261 e. The number of nitrogens with one attached hydrogen (secondary N) is 2. The Hall–Kier alpha value is -2.05. The molecule has 1 aliphatic carbocycles. The van der Waals surface area contributed by atoms with Crippen molar-refractivity contribution < 1.29 is 13.2 Å². The van der Waals surface area contributed by atoms with Gasteiger partial charge in [0.1, 0.15) is 0 Å². The maximum atomic E-state index is 12.4. The number of amides is 1. The van der Waals surface area contributed by atoms with Gasteiger partial charge >= 0.3 is 0 Å². The number of benzene rings is 2. The fourth-order valence-corrected chi connectivity index (χ4v) is 4.24. The van der Waals surface area contributed by atoms with Crippen LogP contribution in [0.2, 0.25) is 5.02 Å². The van der Waals surface area contributed by atoms with Crippen LogP contribution >= 0.6 is 11.6 Å². The van der Waals surface area contributed by atoms with Gasteiger partial charge in [-0.05, 0) is 61.4 Å². The molecular weight excluding hydrogens is 372 g/mol. The Morgan fingerprint density at radius 1 is 0.885 bits per heavy atom. The minimum absolute atomic E-state index is 0.0135. The number of carbonyl (C=O) groups is 1. The lowest BCUT2D eigenvalue weighted by Crippen LogP contribution is -2.24. The van der Waals surface area contributed by atoms with Crippen molar-refractivity contribution in [1.82, 2.24) is 0 Å². The second-order valence-corrected chi connectivity index (χ2v) is 8.58. The first kappa shape index (κ1) is 18.7. The first-order chi connectivity index (χ1) is 12.4. The van der Waals surface area contributed by atoms with Gasteiger partial charge in [0, 0.05) is 22.3 Å². The van der Waals surface area contributed by atoms with Crippen molar-refractivity contribution in [2.24, 2.45) is 5.92 Å². The Bertz CT molecular complexity index is 859. The van der Waals surface area contributed by atoms with E-state index in [-0.39, 0.29) is 16.7 Å². The predicted molar refractivity (Wildman–Crippen MR) is 104 cm³/mol. The summed E-state index contributed by atoms with van der Waals surface area (Å²) in [4.78, 5) is 12.4. The standard InChI is InChI=1S/C19H21ClN2O3S/c20-15-6-8-17(9-7-15)22-26(24,25)18-12-10-16(11-13-18)21-19(23)14-4-2-1-3-5-14/h6-14,22H,1-5H2,(H,21,23). The fourth-order valence-electron chi connectivity index (χ4n) is 3.06. The maximum Gasteiger partial charge on any atom is 0.261 e. The molecule has 5 nitrogen and oxygen atoms in total. The first-order valence-corrected chi connectivity index (χ1v) is 10.5. The van der Waals surface area contributed by atoms with E-state index >= 15 is 0 Å². The molecule has 0 heterocycles. The van der Waals surface area contributed by atoms with E-state index in [0.717, 1.165) is 25.7 Å². The van der Waals surface area contributed by atoms with E-state index in [1.54, 1.807) is 36.4 Å². The lowest BCUT2D eigenvalue weighted by molar-refractivity contribution is -0.120. The number of halogens is 1. The minimum Gasteiger partial charge on any atom is -0.326 e. The Kier molecular flexibility index (Phi) is 5.84. The summed E-state index contributed by atoms with van der Waals surface area (Å²) in [6, 6.07) is 12.6. The van der Waals surface area contributed by atoms with Gasteiger partial charge in [0.15, 0.2) is 0 Å². The molecule has 0 spiro atoms. The molecular formula is C19H21ClN2O3S. The van der Waals surface area contributed by atoms with Crippen molar-refractivity contribution in [2.45, 2.75) is 37.0 Å². The Labute approximate surface area is 158 Å². The van der Waals surface area contributed by atoms with E-state index in [9.17, 15) is 13.2 Å². The molecule has 138 valence electrons. The minimum atomic E-state index is -3.70. The number of rotatable bonds is 5. The molecule has 0 aromatic heterocycles. The summed E-state index contributed by atoms with van der Waals surface area (Å²) in [6.07, 6.45) is 5.21. The van der Waals surface area contributed by atoms with Gasteiger partial charge in [-0.2, -0.15) is 0 Å². The summed E-state index contributed by atoms with van der Waals surface area (Å²) in [5.41, 5.74) is 1.04. The van der Waals surface area contributed by atoms with Gasteiger partial charge in [0.2, 0.25) is 5.91 Å². The summed E-state index contributed by atoms with van der Waals surface area (Å²) < 4.78 is 27.4. The third-order valence-electron chi connectivity index (χ3n) is 4.50. The zero-order chi connectivity index (χ0) is 18.6. The molecule has 3 rings (SSSR count). The number of hydrogen-bond acceptors (Lipinski definition) is 3. The molecule has 2 aromatic carbocycles. The molecule has 7 heteroatoms. The molecule has 1 saturated carbocycles. The van der Waals surface area contributed by atoms with Gasteiger partial charge in [-0.1, -0.05) is 30.9 Å². The largest absolute Gasteiger partial charge is 0.326 e. The van der Waals surface area contributed by atoms with E-state index in [2.05, 4.69) is 10.0 Å². The predicted octanol–water partition coefficient (Wildman–Crippen LogP) is 4.66. The second kappa shape index (κ2) is 8.10. The lowest BCUT2D eigenvalue weighted by atomic mass is 9.88. The van der Waals surface area contributed by atoms with Gasteiger partial charge in [0.05, 0.1) is 4.90 Å². The average Bonchev–Trinajstić information content (AvgIpc) is 2.64. The van der Waals surface area contributed by atoms with Crippen molar-refractivity contribution in [3.63, 3.8) is 0 Å². The van der Waals surface area contributed by atoms with Gasteiger partial charge in [-0.3, -0.25) is 9.52 Å². The molecule has 0 bridgehead atoms. The van der Waals surface area contributed by atoms with Crippen LogP contribution in [0.4, 0.5) is 11.4 Å². The number of sulfonamides is 1. The van der Waals surface area contributed by atoms with Gasteiger partial charge in [-0.25, -0.2) is 8.42 Å². The van der Waals surface area contributed by atoms with Crippen LogP contribution in [0.5, 0.6) is 0 Å². The molecule has 26 heavy (non-hydrogen) atoms. The topological polar surface area (TPSA) is 75.3 Å². The third-order valence-corrected chi connectivity index (χ3v) is 6.15. The quantitative estimate of drug-likeness (QED) is 0.776.